The van der Waals surface area contributed by atoms with Gasteiger partial charge in [0.1, 0.15) is 0 Å². The maximum atomic E-state index is 5.35. The van der Waals surface area contributed by atoms with E-state index < -0.39 is 0 Å². The van der Waals surface area contributed by atoms with Gasteiger partial charge in [0.2, 0.25) is 0 Å². The number of rotatable bonds is 2. The van der Waals surface area contributed by atoms with E-state index in [1.807, 2.05) is 12.1 Å². The largest absolute Gasteiger partial charge is 0.147 e. The van der Waals surface area contributed by atoms with Crippen molar-refractivity contribution in [2.45, 2.75) is 3.63 Å². The summed E-state index contributed by atoms with van der Waals surface area (Å²) < 4.78 is 11.2. The van der Waals surface area contributed by atoms with Crippen LogP contribution in [0.3, 0.4) is 0 Å². The maximum Gasteiger partial charge on any atom is -0.147 e. The Hall–Kier alpha value is 0.0231. The molecule has 0 heterocycles. The summed E-state index contributed by atoms with van der Waals surface area (Å²) in [5.41, 5.74) is 2.44. The fourth-order valence-corrected chi connectivity index (χ4v) is 2.70. The van der Waals surface area contributed by atoms with Gasteiger partial charge < -0.3 is 0 Å². The first-order chi connectivity index (χ1) is 6.77. The zero-order chi connectivity index (χ0) is 10.1. The van der Waals surface area contributed by atoms with Crippen LogP contribution in [0.2, 0.25) is 0 Å². The number of fused-ring (bicyclic) bond motifs is 1. The monoisotopic (exact) mass is 337 g/mol. The SMILES string of the molecule is COc1ccc(OC)c2c1C=C[C@@H]2[Zr].Cl.Cl. The summed E-state index contributed by atoms with van der Waals surface area (Å²) in [6.45, 7) is 0. The Kier molecular flexibility index (Phi) is 6.69. The summed E-state index contributed by atoms with van der Waals surface area (Å²) in [5.74, 6) is 1.90. The first-order valence-electron chi connectivity index (χ1n) is 4.42. The molecule has 0 bridgehead atoms. The van der Waals surface area contributed by atoms with Gasteiger partial charge in [0.15, 0.2) is 0 Å². The van der Waals surface area contributed by atoms with Gasteiger partial charge >= 0.3 is 98.9 Å². The Bertz CT molecular complexity index is 394. The summed E-state index contributed by atoms with van der Waals surface area (Å²) >= 11 is 1.48. The second kappa shape index (κ2) is 6.68. The molecule has 0 aliphatic heterocycles. The summed E-state index contributed by atoms with van der Waals surface area (Å²) in [6.07, 6.45) is 4.32. The Labute approximate surface area is 123 Å². The number of allylic oxidation sites excluding steroid dienone is 1. The third-order valence-corrected chi connectivity index (χ3v) is 3.60. The van der Waals surface area contributed by atoms with Gasteiger partial charge in [-0.1, -0.05) is 0 Å². The molecule has 1 aromatic rings. The van der Waals surface area contributed by atoms with Crippen LogP contribution in [0, 0.1) is 0 Å². The number of methoxy groups -OCH3 is 2. The van der Waals surface area contributed by atoms with Crippen molar-refractivity contribution in [1.82, 2.24) is 0 Å². The number of halogens is 2. The Morgan fingerprint density at radius 2 is 1.62 bits per heavy atom. The van der Waals surface area contributed by atoms with Crippen LogP contribution in [0.1, 0.15) is 14.8 Å². The maximum absolute atomic E-state index is 5.35. The van der Waals surface area contributed by atoms with Crippen LogP contribution in [0.15, 0.2) is 18.2 Å². The Morgan fingerprint density at radius 1 is 1.06 bits per heavy atom. The Balaban J connectivity index is 0.00000112. The first kappa shape index (κ1) is 16.0. The van der Waals surface area contributed by atoms with Gasteiger partial charge in [-0.05, 0) is 0 Å². The third-order valence-electron chi connectivity index (χ3n) is 2.41. The van der Waals surface area contributed by atoms with Gasteiger partial charge in [0.25, 0.3) is 0 Å². The zero-order valence-electron chi connectivity index (χ0n) is 9.02. The van der Waals surface area contributed by atoms with Crippen molar-refractivity contribution in [3.8, 4) is 11.5 Å². The smallest absolute Gasteiger partial charge is 0.147 e. The molecule has 0 fully saturated rings. The molecule has 1 aromatic carbocycles. The number of hydrogen-bond acceptors (Lipinski definition) is 2. The molecule has 0 spiro atoms. The van der Waals surface area contributed by atoms with Crippen molar-refractivity contribution in [3.05, 3.63) is 29.3 Å². The molecule has 1 aliphatic carbocycles. The minimum absolute atomic E-state index is 0. The van der Waals surface area contributed by atoms with Crippen molar-refractivity contribution < 1.29 is 34.2 Å². The molecule has 16 heavy (non-hydrogen) atoms. The summed E-state index contributed by atoms with van der Waals surface area (Å²) in [4.78, 5) is 0. The predicted molar refractivity (Wildman–Crippen MR) is 65.8 cm³/mol. The zero-order valence-corrected chi connectivity index (χ0v) is 13.1. The molecule has 5 heteroatoms. The normalized spacial score (nSPS) is 15.7. The molecule has 0 aromatic heterocycles. The average Bonchev–Trinajstić information content (AvgIpc) is 2.60. The molecule has 0 N–H and O–H groups in total. The van der Waals surface area contributed by atoms with E-state index in [-0.39, 0.29) is 24.8 Å². The molecule has 2 rings (SSSR count). The quantitative estimate of drug-likeness (QED) is 0.824. The van der Waals surface area contributed by atoms with Crippen LogP contribution in [0.4, 0.5) is 0 Å². The molecule has 0 saturated carbocycles. The summed E-state index contributed by atoms with van der Waals surface area (Å²) in [7, 11) is 3.41. The van der Waals surface area contributed by atoms with E-state index in [1.54, 1.807) is 14.2 Å². The third kappa shape index (κ3) is 2.64. The van der Waals surface area contributed by atoms with Crippen molar-refractivity contribution in [2.24, 2.45) is 0 Å². The van der Waals surface area contributed by atoms with Crippen molar-refractivity contribution in [1.29, 1.82) is 0 Å². The second-order valence-electron chi connectivity index (χ2n) is 3.13. The fraction of sp³-hybridized carbons (Fsp3) is 0.273. The number of benzene rings is 1. The fourth-order valence-electron chi connectivity index (χ4n) is 1.73. The predicted octanol–water partition coefficient (Wildman–Crippen LogP) is 3.16. The molecule has 2 nitrogen and oxygen atoms in total. The average molecular weight is 339 g/mol. The van der Waals surface area contributed by atoms with Gasteiger partial charge in [0, 0.05) is 0 Å². The summed E-state index contributed by atoms with van der Waals surface area (Å²) in [5, 5.41) is 0. The second-order valence-corrected chi connectivity index (χ2v) is 4.66. The van der Waals surface area contributed by atoms with E-state index in [0.29, 0.717) is 3.63 Å². The van der Waals surface area contributed by atoms with Crippen LogP contribution in [0.5, 0.6) is 11.5 Å². The molecule has 1 aliphatic rings. The van der Waals surface area contributed by atoms with E-state index in [0.717, 1.165) is 11.5 Å². The topological polar surface area (TPSA) is 18.5 Å². The molecule has 1 atom stereocenters. The minimum Gasteiger partial charge on any atom is -0.147 e. The molecule has 0 saturated heterocycles. The van der Waals surface area contributed by atoms with Crippen molar-refractivity contribution in [2.75, 3.05) is 14.2 Å². The van der Waals surface area contributed by atoms with Gasteiger partial charge in [0.05, 0.1) is 0 Å². The molecular weight excluding hydrogens is 326 g/mol. The minimum atomic E-state index is 0. The molecule has 0 amide bonds. The van der Waals surface area contributed by atoms with Crippen LogP contribution in [-0.2, 0) is 24.7 Å². The van der Waals surface area contributed by atoms with E-state index in [2.05, 4.69) is 12.2 Å². The standard InChI is InChI=1S/C11H11O2.2ClH.Zr/c1-12-10-6-7-11(13-2)9-5-3-4-8(9)10;;;/h3-7H,1-2H3;2*1H;. The first-order valence-corrected chi connectivity index (χ1v) is 5.84. The van der Waals surface area contributed by atoms with Gasteiger partial charge in [-0.15, -0.1) is 24.8 Å². The van der Waals surface area contributed by atoms with Crippen LogP contribution in [0.25, 0.3) is 6.08 Å². The van der Waals surface area contributed by atoms with Crippen LogP contribution in [-0.4, -0.2) is 14.2 Å². The van der Waals surface area contributed by atoms with E-state index >= 15 is 0 Å². The van der Waals surface area contributed by atoms with Crippen molar-refractivity contribution >= 4 is 30.9 Å². The Morgan fingerprint density at radius 3 is 2.19 bits per heavy atom. The van der Waals surface area contributed by atoms with Gasteiger partial charge in [-0.2, -0.15) is 0 Å². The van der Waals surface area contributed by atoms with Gasteiger partial charge in [-0.25, -0.2) is 0 Å². The van der Waals surface area contributed by atoms with Gasteiger partial charge in [-0.3, -0.25) is 0 Å². The molecular formula is C11H13Cl2O2Zr. The summed E-state index contributed by atoms with van der Waals surface area (Å²) in [6, 6.07) is 3.93. The molecule has 0 radical (unpaired) electrons. The number of ether oxygens (including phenoxy) is 2. The van der Waals surface area contributed by atoms with Crippen LogP contribution >= 0.6 is 24.8 Å². The van der Waals surface area contributed by atoms with Crippen LogP contribution < -0.4 is 9.47 Å². The molecule has 0 unspecified atom stereocenters. The van der Waals surface area contributed by atoms with E-state index in [1.165, 1.54) is 35.8 Å². The van der Waals surface area contributed by atoms with E-state index in [4.69, 9.17) is 9.47 Å². The molecule has 87 valence electrons. The van der Waals surface area contributed by atoms with Crippen molar-refractivity contribution in [3.63, 3.8) is 0 Å². The van der Waals surface area contributed by atoms with E-state index in [9.17, 15) is 0 Å². The number of hydrogen-bond donors (Lipinski definition) is 0.